The van der Waals surface area contributed by atoms with Gasteiger partial charge >= 0.3 is 5.69 Å². The van der Waals surface area contributed by atoms with Crippen molar-refractivity contribution in [2.75, 3.05) is 6.26 Å². The molecule has 30 heavy (non-hydrogen) atoms. The fourth-order valence-corrected chi connectivity index (χ4v) is 4.17. The lowest BCUT2D eigenvalue weighted by Crippen LogP contribution is -2.30. The molecule has 1 aromatic heterocycles. The number of imidazole rings is 1. The van der Waals surface area contributed by atoms with E-state index in [0.717, 1.165) is 29.3 Å². The molecule has 160 valence electrons. The molecule has 0 unspecified atom stereocenters. The Hall–Kier alpha value is -2.87. The predicted octanol–water partition coefficient (Wildman–Crippen LogP) is 2.88. The Morgan fingerprint density at radius 2 is 1.57 bits per heavy atom. The molecule has 1 heterocycles. The number of amides is 1. The zero-order chi connectivity index (χ0) is 21.9. The average Bonchev–Trinajstić information content (AvgIpc) is 2.97. The van der Waals surface area contributed by atoms with Gasteiger partial charge in [0, 0.05) is 25.8 Å². The first-order valence-corrected chi connectivity index (χ1v) is 11.9. The van der Waals surface area contributed by atoms with Gasteiger partial charge in [-0.25, -0.2) is 13.2 Å². The number of aryl methyl sites for hydroxylation is 2. The number of fused-ring (bicyclic) bond motifs is 1. The van der Waals surface area contributed by atoms with Gasteiger partial charge in [-0.2, -0.15) is 0 Å². The van der Waals surface area contributed by atoms with Crippen LogP contribution in [-0.2, 0) is 27.7 Å². The normalized spacial score (nSPS) is 12.8. The summed E-state index contributed by atoms with van der Waals surface area (Å²) in [6, 6.07) is 13.8. The number of nitrogens with one attached hydrogen (secondary N) is 1. The van der Waals surface area contributed by atoms with Gasteiger partial charge in [-0.1, -0.05) is 31.2 Å². The van der Waals surface area contributed by atoms with Crippen LogP contribution in [0, 0.1) is 0 Å². The lowest BCUT2D eigenvalue weighted by molar-refractivity contribution is -0.121. The minimum absolute atomic E-state index is 0.102. The topological polar surface area (TPSA) is 90.2 Å². The van der Waals surface area contributed by atoms with Crippen molar-refractivity contribution in [1.82, 2.24) is 14.5 Å². The Kier molecular flexibility index (Phi) is 6.45. The fourth-order valence-electron chi connectivity index (χ4n) is 3.54. The van der Waals surface area contributed by atoms with Crippen molar-refractivity contribution in [2.24, 2.45) is 0 Å². The molecule has 0 aliphatic heterocycles. The third-order valence-corrected chi connectivity index (χ3v) is 6.25. The van der Waals surface area contributed by atoms with Gasteiger partial charge in [0.1, 0.15) is 0 Å². The van der Waals surface area contributed by atoms with Gasteiger partial charge in [0.15, 0.2) is 9.84 Å². The van der Waals surface area contributed by atoms with Crippen molar-refractivity contribution in [1.29, 1.82) is 0 Å². The predicted molar refractivity (Wildman–Crippen MR) is 117 cm³/mol. The second kappa shape index (κ2) is 8.87. The standard InChI is InChI=1S/C22H27N3O4S/c1-4-14-24-19-7-5-6-8-20(19)25(22(24)27)15-13-21(26)23-16(2)17-9-11-18(12-10-17)30(3,28)29/h5-12,16H,4,13-15H2,1-3H3,(H,23,26)/t16-/m1/s1. The molecule has 2 aromatic carbocycles. The van der Waals surface area contributed by atoms with Crippen molar-refractivity contribution in [3.8, 4) is 0 Å². The van der Waals surface area contributed by atoms with Crippen LogP contribution in [0.15, 0.2) is 58.2 Å². The summed E-state index contributed by atoms with van der Waals surface area (Å²) in [6.07, 6.45) is 2.18. The van der Waals surface area contributed by atoms with Crippen LogP contribution in [0.2, 0.25) is 0 Å². The highest BCUT2D eigenvalue weighted by atomic mass is 32.2. The molecule has 1 amide bonds. The largest absolute Gasteiger partial charge is 0.350 e. The smallest absolute Gasteiger partial charge is 0.329 e. The van der Waals surface area contributed by atoms with E-state index in [-0.39, 0.29) is 29.0 Å². The van der Waals surface area contributed by atoms with E-state index in [1.165, 1.54) is 12.1 Å². The zero-order valence-corrected chi connectivity index (χ0v) is 18.3. The monoisotopic (exact) mass is 429 g/mol. The molecule has 0 spiro atoms. The van der Waals surface area contributed by atoms with Crippen LogP contribution in [0.3, 0.4) is 0 Å². The molecule has 1 atom stereocenters. The number of carbonyl (C=O) groups is 1. The quantitative estimate of drug-likeness (QED) is 0.596. The summed E-state index contributed by atoms with van der Waals surface area (Å²) in [4.78, 5) is 25.5. The number of sulfone groups is 1. The molecule has 7 nitrogen and oxygen atoms in total. The number of nitrogens with zero attached hydrogens (tertiary/aromatic N) is 2. The Bertz CT molecular complexity index is 1210. The Morgan fingerprint density at radius 3 is 2.10 bits per heavy atom. The van der Waals surface area contributed by atoms with Crippen LogP contribution >= 0.6 is 0 Å². The van der Waals surface area contributed by atoms with E-state index >= 15 is 0 Å². The SMILES string of the molecule is CCCn1c(=O)n(CCC(=O)N[C@H](C)c2ccc(S(C)(=O)=O)cc2)c2ccccc21. The molecule has 0 fully saturated rings. The third kappa shape index (κ3) is 4.64. The Balaban J connectivity index is 1.69. The highest BCUT2D eigenvalue weighted by Gasteiger charge is 2.15. The minimum Gasteiger partial charge on any atom is -0.350 e. The molecule has 0 saturated carbocycles. The van der Waals surface area contributed by atoms with Gasteiger partial charge in [-0.15, -0.1) is 0 Å². The molecule has 0 saturated heterocycles. The fraction of sp³-hybridized carbons (Fsp3) is 0.364. The lowest BCUT2D eigenvalue weighted by Gasteiger charge is -2.15. The van der Waals surface area contributed by atoms with Crippen LogP contribution in [0.1, 0.15) is 38.3 Å². The van der Waals surface area contributed by atoms with Gasteiger partial charge in [-0.05, 0) is 43.2 Å². The van der Waals surface area contributed by atoms with Crippen LogP contribution in [-0.4, -0.2) is 29.7 Å². The number of para-hydroxylation sites is 2. The van der Waals surface area contributed by atoms with Crippen LogP contribution in [0.25, 0.3) is 11.0 Å². The summed E-state index contributed by atoms with van der Waals surface area (Å²) in [5, 5.41) is 2.91. The molecule has 8 heteroatoms. The molecule has 0 aliphatic rings. The van der Waals surface area contributed by atoms with E-state index in [1.807, 2.05) is 38.1 Å². The van der Waals surface area contributed by atoms with E-state index < -0.39 is 9.84 Å². The summed E-state index contributed by atoms with van der Waals surface area (Å²) in [6.45, 7) is 4.79. The second-order valence-corrected chi connectivity index (χ2v) is 9.47. The number of carbonyl (C=O) groups excluding carboxylic acids is 1. The highest BCUT2D eigenvalue weighted by molar-refractivity contribution is 7.90. The van der Waals surface area contributed by atoms with Crippen molar-refractivity contribution in [2.45, 2.75) is 50.7 Å². The minimum atomic E-state index is -3.25. The maximum atomic E-state index is 12.8. The maximum absolute atomic E-state index is 12.8. The molecule has 0 radical (unpaired) electrons. The first-order chi connectivity index (χ1) is 14.2. The van der Waals surface area contributed by atoms with Gasteiger partial charge in [0.25, 0.3) is 0 Å². The Labute approximate surface area is 176 Å². The first-order valence-electron chi connectivity index (χ1n) is 9.99. The van der Waals surface area contributed by atoms with Gasteiger partial charge in [-0.3, -0.25) is 13.9 Å². The zero-order valence-electron chi connectivity index (χ0n) is 17.5. The molecular weight excluding hydrogens is 402 g/mol. The van der Waals surface area contributed by atoms with E-state index in [0.29, 0.717) is 13.1 Å². The van der Waals surface area contributed by atoms with Crippen molar-refractivity contribution in [3.63, 3.8) is 0 Å². The number of hydrogen-bond donors (Lipinski definition) is 1. The van der Waals surface area contributed by atoms with Gasteiger partial charge in [0.2, 0.25) is 5.91 Å². The molecule has 3 aromatic rings. The molecule has 0 bridgehead atoms. The number of aromatic nitrogens is 2. The van der Waals surface area contributed by atoms with Crippen molar-refractivity contribution < 1.29 is 13.2 Å². The number of rotatable bonds is 8. The third-order valence-electron chi connectivity index (χ3n) is 5.12. The van der Waals surface area contributed by atoms with Crippen LogP contribution < -0.4 is 11.0 Å². The molecular formula is C22H27N3O4S. The average molecular weight is 430 g/mol. The molecule has 1 N–H and O–H groups in total. The Morgan fingerprint density at radius 1 is 1.00 bits per heavy atom. The van der Waals surface area contributed by atoms with Gasteiger partial charge < -0.3 is 5.32 Å². The van der Waals surface area contributed by atoms with E-state index in [2.05, 4.69) is 5.32 Å². The summed E-state index contributed by atoms with van der Waals surface area (Å²) in [5.74, 6) is -0.172. The van der Waals surface area contributed by atoms with Crippen molar-refractivity contribution >= 4 is 26.8 Å². The summed E-state index contributed by atoms with van der Waals surface area (Å²) in [7, 11) is -3.25. The highest BCUT2D eigenvalue weighted by Crippen LogP contribution is 2.17. The van der Waals surface area contributed by atoms with E-state index in [9.17, 15) is 18.0 Å². The number of benzene rings is 2. The first kappa shape index (κ1) is 21.8. The molecule has 3 rings (SSSR count). The van der Waals surface area contributed by atoms with E-state index in [1.54, 1.807) is 21.3 Å². The van der Waals surface area contributed by atoms with E-state index in [4.69, 9.17) is 0 Å². The second-order valence-electron chi connectivity index (χ2n) is 7.45. The summed E-state index contributed by atoms with van der Waals surface area (Å²) in [5.41, 5.74) is 2.42. The number of hydrogen-bond acceptors (Lipinski definition) is 4. The van der Waals surface area contributed by atoms with Crippen LogP contribution in [0.5, 0.6) is 0 Å². The summed E-state index contributed by atoms with van der Waals surface area (Å²) < 4.78 is 26.5. The lowest BCUT2D eigenvalue weighted by atomic mass is 10.1. The van der Waals surface area contributed by atoms with Crippen molar-refractivity contribution in [3.05, 3.63) is 64.6 Å². The van der Waals surface area contributed by atoms with Crippen LogP contribution in [0.4, 0.5) is 0 Å². The van der Waals surface area contributed by atoms with Gasteiger partial charge in [0.05, 0.1) is 22.0 Å². The molecule has 0 aliphatic carbocycles. The summed E-state index contributed by atoms with van der Waals surface area (Å²) >= 11 is 0. The maximum Gasteiger partial charge on any atom is 0.329 e.